The number of pyridine rings is 1. The topological polar surface area (TPSA) is 103 Å². The molecular formula is C28H23N6O4+. The first-order chi connectivity index (χ1) is 18.6. The fourth-order valence-corrected chi connectivity index (χ4v) is 4.49. The Morgan fingerprint density at radius 3 is 2.34 bits per heavy atom. The summed E-state index contributed by atoms with van der Waals surface area (Å²) >= 11 is 0. The maximum absolute atomic E-state index is 13.8. The van der Waals surface area contributed by atoms with E-state index >= 15 is 0 Å². The molecule has 0 saturated carbocycles. The zero-order valence-corrected chi connectivity index (χ0v) is 20.7. The molecule has 0 aliphatic rings. The molecule has 0 aliphatic carbocycles. The van der Waals surface area contributed by atoms with Gasteiger partial charge in [-0.05, 0) is 48.0 Å². The lowest BCUT2D eigenvalue weighted by Crippen LogP contribution is -2.20. The van der Waals surface area contributed by atoms with Crippen LogP contribution in [0.4, 0.5) is 11.5 Å². The second-order valence-electron chi connectivity index (χ2n) is 8.62. The number of imidazole rings is 1. The van der Waals surface area contributed by atoms with Crippen molar-refractivity contribution in [3.05, 3.63) is 106 Å². The number of nitrogens with one attached hydrogen (secondary N) is 1. The van der Waals surface area contributed by atoms with Crippen molar-refractivity contribution < 1.29 is 14.5 Å². The fraction of sp³-hybridized carbons (Fsp3) is 0.107. The number of rotatable bonds is 7. The molecule has 0 unspecified atom stereocenters. The van der Waals surface area contributed by atoms with E-state index in [4.69, 9.17) is 19.7 Å². The third-order valence-corrected chi connectivity index (χ3v) is 6.40. The van der Waals surface area contributed by atoms with Crippen molar-refractivity contribution in [2.45, 2.75) is 6.54 Å². The van der Waals surface area contributed by atoms with Gasteiger partial charge in [0, 0.05) is 29.4 Å². The summed E-state index contributed by atoms with van der Waals surface area (Å²) in [5.41, 5.74) is 3.49. The van der Waals surface area contributed by atoms with E-state index in [1.165, 1.54) is 7.11 Å². The molecule has 0 bridgehead atoms. The number of benzene rings is 3. The molecule has 0 aliphatic heterocycles. The van der Waals surface area contributed by atoms with Crippen LogP contribution in [-0.2, 0) is 11.4 Å². The van der Waals surface area contributed by atoms with Gasteiger partial charge >= 0.3 is 5.69 Å². The first kappa shape index (κ1) is 23.2. The summed E-state index contributed by atoms with van der Waals surface area (Å²) in [5, 5.41) is 9.40. The molecule has 0 amide bonds. The minimum Gasteiger partial charge on any atom is -0.497 e. The van der Waals surface area contributed by atoms with E-state index in [0.29, 0.717) is 50.9 Å². The van der Waals surface area contributed by atoms with Crippen LogP contribution in [0.15, 0.2) is 89.7 Å². The normalized spacial score (nSPS) is 11.2. The van der Waals surface area contributed by atoms with Crippen LogP contribution < -0.4 is 15.6 Å². The Kier molecular flexibility index (Phi) is 5.68. The van der Waals surface area contributed by atoms with Crippen LogP contribution in [0.1, 0.15) is 5.56 Å². The molecule has 6 rings (SSSR count). The lowest BCUT2D eigenvalue weighted by molar-refractivity contribution is -0.736. The number of fused-ring (bicyclic) bond motifs is 5. The molecule has 1 N–H and O–H groups in total. The minimum atomic E-state index is -0.216. The van der Waals surface area contributed by atoms with Gasteiger partial charge in [-0.25, -0.2) is 9.82 Å². The molecule has 0 fully saturated rings. The number of hydrogen-bond donors (Lipinski definition) is 1. The van der Waals surface area contributed by atoms with E-state index in [9.17, 15) is 9.70 Å². The lowest BCUT2D eigenvalue weighted by Gasteiger charge is -2.11. The molecule has 3 heterocycles. The zero-order valence-electron chi connectivity index (χ0n) is 20.7. The Bertz CT molecular complexity index is 1880. The molecule has 0 saturated heterocycles. The highest BCUT2D eigenvalue weighted by Crippen LogP contribution is 2.27. The zero-order chi connectivity index (χ0) is 26.2. The van der Waals surface area contributed by atoms with E-state index in [-0.39, 0.29) is 5.56 Å². The van der Waals surface area contributed by atoms with Crippen LogP contribution in [0.2, 0.25) is 0 Å². The van der Waals surface area contributed by atoms with Crippen LogP contribution >= 0.6 is 0 Å². The van der Waals surface area contributed by atoms with Crippen LogP contribution in [0.3, 0.4) is 0 Å². The lowest BCUT2D eigenvalue weighted by atomic mass is 10.1. The van der Waals surface area contributed by atoms with Gasteiger partial charge < -0.3 is 10.1 Å². The predicted molar refractivity (Wildman–Crippen MR) is 144 cm³/mol. The van der Waals surface area contributed by atoms with Gasteiger partial charge in [0.15, 0.2) is 18.4 Å². The van der Waals surface area contributed by atoms with Gasteiger partial charge in [-0.15, -0.1) is 5.10 Å². The van der Waals surface area contributed by atoms with Crippen molar-refractivity contribution in [2.75, 3.05) is 19.5 Å². The Hall–Kier alpha value is -5.25. The largest absolute Gasteiger partial charge is 0.497 e. The van der Waals surface area contributed by atoms with Crippen LogP contribution in [0.5, 0.6) is 5.75 Å². The monoisotopic (exact) mass is 507 g/mol. The maximum atomic E-state index is 13.8. The Morgan fingerprint density at radius 2 is 1.63 bits per heavy atom. The molecule has 0 atom stereocenters. The molecule has 0 spiro atoms. The van der Waals surface area contributed by atoms with Gasteiger partial charge in [0.05, 0.1) is 17.7 Å². The number of hydrogen-bond acceptors (Lipinski definition) is 7. The predicted octanol–water partition coefficient (Wildman–Crippen LogP) is 4.78. The molecule has 38 heavy (non-hydrogen) atoms. The van der Waals surface area contributed by atoms with Crippen molar-refractivity contribution in [1.29, 1.82) is 0 Å². The molecule has 10 nitrogen and oxygen atoms in total. The third-order valence-electron chi connectivity index (χ3n) is 6.40. The number of methoxy groups -OCH3 is 1. The minimum absolute atomic E-state index is 0.216. The number of aromatic nitrogens is 4. The summed E-state index contributed by atoms with van der Waals surface area (Å²) < 4.78 is 8.47. The second kappa shape index (κ2) is 9.32. The highest BCUT2D eigenvalue weighted by Gasteiger charge is 2.20. The van der Waals surface area contributed by atoms with Crippen molar-refractivity contribution in [2.24, 2.45) is 0 Å². The van der Waals surface area contributed by atoms with E-state index in [2.05, 4.69) is 5.32 Å². The van der Waals surface area contributed by atoms with Crippen LogP contribution in [0, 0.1) is 4.91 Å². The van der Waals surface area contributed by atoms with Crippen molar-refractivity contribution in [3.8, 4) is 11.4 Å². The summed E-state index contributed by atoms with van der Waals surface area (Å²) in [7, 11) is 2.93. The van der Waals surface area contributed by atoms with Gasteiger partial charge in [-0.1, -0.05) is 30.3 Å². The summed E-state index contributed by atoms with van der Waals surface area (Å²) in [6.45, 7) is 0.553. The quantitative estimate of drug-likeness (QED) is 0.310. The summed E-state index contributed by atoms with van der Waals surface area (Å²) in [5.74, 6) is 1.42. The molecule has 0 radical (unpaired) electrons. The van der Waals surface area contributed by atoms with E-state index < -0.39 is 0 Å². The highest BCUT2D eigenvalue weighted by molar-refractivity contribution is 6.04. The third kappa shape index (κ3) is 3.88. The fourth-order valence-electron chi connectivity index (χ4n) is 4.49. The second-order valence-corrected chi connectivity index (χ2v) is 8.62. The van der Waals surface area contributed by atoms with E-state index in [1.54, 1.807) is 46.5 Å². The van der Waals surface area contributed by atoms with Gasteiger partial charge in [0.25, 0.3) is 10.5 Å². The molecule has 6 aromatic rings. The van der Waals surface area contributed by atoms with Gasteiger partial charge in [-0.2, -0.15) is 4.52 Å². The van der Waals surface area contributed by atoms with Gasteiger partial charge in [0.2, 0.25) is 0 Å². The van der Waals surface area contributed by atoms with Gasteiger partial charge in [-0.3, -0.25) is 9.36 Å². The standard InChI is InChI=1S/C28H23N6O4/c1-37-21-13-7-18(8-14-21)17-29-24-15-16-25-30-26-22-5-3-4-6-23(22)28(35)32(27(26)33(25)31-24)19-9-11-20(12-10-19)34(36)38-2/h3-16H,17H2,1-2H3,(H,29,31)/q+1. The Balaban J connectivity index is 1.51. The molecule has 3 aromatic heterocycles. The number of ether oxygens (including phenoxy) is 1. The Labute approximate surface area is 216 Å². The summed E-state index contributed by atoms with van der Waals surface area (Å²) in [4.78, 5) is 35.6. The van der Waals surface area contributed by atoms with Crippen molar-refractivity contribution >= 4 is 39.1 Å². The molecule has 3 aromatic carbocycles. The van der Waals surface area contributed by atoms with Crippen molar-refractivity contribution in [1.82, 2.24) is 19.2 Å². The highest BCUT2D eigenvalue weighted by atomic mass is 16.8. The number of anilines is 1. The summed E-state index contributed by atoms with van der Waals surface area (Å²) in [6.07, 6.45) is 0. The van der Waals surface area contributed by atoms with Gasteiger partial charge in [0.1, 0.15) is 17.1 Å². The average Bonchev–Trinajstić information content (AvgIpc) is 3.35. The van der Waals surface area contributed by atoms with E-state index in [1.807, 2.05) is 54.6 Å². The maximum Gasteiger partial charge on any atom is 0.316 e. The Morgan fingerprint density at radius 1 is 0.895 bits per heavy atom. The van der Waals surface area contributed by atoms with Crippen molar-refractivity contribution in [3.63, 3.8) is 0 Å². The summed E-state index contributed by atoms with van der Waals surface area (Å²) in [6, 6.07) is 25.5. The molecular weight excluding hydrogens is 484 g/mol. The molecule has 188 valence electrons. The first-order valence-electron chi connectivity index (χ1n) is 11.9. The SMILES string of the molecule is COc1ccc(CNc2ccc3nc4c5ccccc5c(=O)n(-c5ccc([N+](=O)OC)cc5)c4n3n2)cc1. The molecule has 10 heteroatoms. The van der Waals surface area contributed by atoms with Crippen LogP contribution in [-0.4, -0.2) is 38.3 Å². The number of nitrogens with zero attached hydrogens (tertiary/aromatic N) is 5. The van der Waals surface area contributed by atoms with Crippen LogP contribution in [0.25, 0.3) is 33.3 Å². The smallest absolute Gasteiger partial charge is 0.316 e. The first-order valence-corrected chi connectivity index (χ1v) is 11.9. The average molecular weight is 508 g/mol. The van der Waals surface area contributed by atoms with E-state index in [0.717, 1.165) is 16.7 Å².